The highest BCUT2D eigenvalue weighted by molar-refractivity contribution is 5.83. The fourth-order valence-corrected chi connectivity index (χ4v) is 4.04. The molecule has 2 unspecified atom stereocenters. The van der Waals surface area contributed by atoms with Crippen LogP contribution in [0.15, 0.2) is 54.6 Å². The first-order valence-electron chi connectivity index (χ1n) is 12.3. The number of rotatable bonds is 9. The number of alkyl carbamates (subject to hydrolysis) is 1. The molecule has 0 saturated heterocycles. The van der Waals surface area contributed by atoms with Gasteiger partial charge in [0.2, 0.25) is 34.8 Å². The van der Waals surface area contributed by atoms with Crippen LogP contribution in [0.1, 0.15) is 46.1 Å². The first kappa shape index (κ1) is 29.6. The number of carbonyl (C=O) groups excluding carboxylic acids is 2. The molecule has 1 N–H and O–H groups in total. The van der Waals surface area contributed by atoms with Gasteiger partial charge in [-0.15, -0.1) is 0 Å². The Labute approximate surface area is 222 Å². The van der Waals surface area contributed by atoms with Crippen LogP contribution in [0.5, 0.6) is 5.75 Å². The van der Waals surface area contributed by atoms with Crippen molar-refractivity contribution in [2.75, 3.05) is 0 Å². The molecule has 0 spiro atoms. The van der Waals surface area contributed by atoms with E-state index in [-0.39, 0.29) is 0 Å². The normalized spacial score (nSPS) is 12.9. The lowest BCUT2D eigenvalue weighted by Crippen LogP contribution is -2.48. The van der Waals surface area contributed by atoms with Gasteiger partial charge >= 0.3 is 12.1 Å². The summed E-state index contributed by atoms with van der Waals surface area (Å²) in [7, 11) is 0. The standard InChI is InChI=1S/C29H28F5NO4/c1-5-9-16(2)25(27(36)38-26-23(33)21(31)20(30)22(32)24(26)34)35-28(37)39-29(3,4)19-14-12-18(13-15-19)17-10-7-6-8-11-17/h6-8,10-16,25H,5,9H2,1-4H3,(H,35,37). The van der Waals surface area contributed by atoms with Crippen molar-refractivity contribution >= 4 is 12.1 Å². The second kappa shape index (κ2) is 12.3. The van der Waals surface area contributed by atoms with Crippen molar-refractivity contribution in [3.63, 3.8) is 0 Å². The summed E-state index contributed by atoms with van der Waals surface area (Å²) in [6.45, 7) is 6.61. The minimum atomic E-state index is -2.39. The lowest BCUT2D eigenvalue weighted by atomic mass is 9.95. The number of benzene rings is 3. The summed E-state index contributed by atoms with van der Waals surface area (Å²) < 4.78 is 78.8. The van der Waals surface area contributed by atoms with Crippen LogP contribution in [-0.4, -0.2) is 18.1 Å². The molecule has 0 aliphatic heterocycles. The molecule has 0 saturated carbocycles. The Morgan fingerprint density at radius 1 is 0.821 bits per heavy atom. The second-order valence-corrected chi connectivity index (χ2v) is 9.55. The highest BCUT2D eigenvalue weighted by atomic mass is 19.2. The van der Waals surface area contributed by atoms with Crippen molar-refractivity contribution in [2.45, 2.75) is 52.2 Å². The van der Waals surface area contributed by atoms with Gasteiger partial charge in [0.1, 0.15) is 11.6 Å². The van der Waals surface area contributed by atoms with Gasteiger partial charge in [0.05, 0.1) is 0 Å². The summed E-state index contributed by atoms with van der Waals surface area (Å²) in [5, 5.41) is 2.32. The smallest absolute Gasteiger partial charge is 0.408 e. The number of esters is 1. The van der Waals surface area contributed by atoms with E-state index in [1.165, 1.54) is 0 Å². The van der Waals surface area contributed by atoms with Crippen LogP contribution in [0.3, 0.4) is 0 Å². The van der Waals surface area contributed by atoms with E-state index in [4.69, 9.17) is 4.74 Å². The maximum atomic E-state index is 14.1. The van der Waals surface area contributed by atoms with Gasteiger partial charge in [-0.05, 0) is 42.9 Å². The molecule has 0 aliphatic carbocycles. The quantitative estimate of drug-likeness (QED) is 0.0992. The minimum Gasteiger partial charge on any atom is -0.439 e. The van der Waals surface area contributed by atoms with Crippen molar-refractivity contribution < 1.29 is 41.0 Å². The zero-order valence-corrected chi connectivity index (χ0v) is 21.8. The third-order valence-corrected chi connectivity index (χ3v) is 6.25. The third-order valence-electron chi connectivity index (χ3n) is 6.25. The number of hydrogen-bond donors (Lipinski definition) is 1. The van der Waals surface area contributed by atoms with Crippen molar-refractivity contribution in [1.82, 2.24) is 5.32 Å². The Kier molecular flexibility index (Phi) is 9.32. The Morgan fingerprint density at radius 3 is 1.87 bits per heavy atom. The lowest BCUT2D eigenvalue weighted by Gasteiger charge is -2.29. The largest absolute Gasteiger partial charge is 0.439 e. The monoisotopic (exact) mass is 549 g/mol. The SMILES string of the molecule is CCCC(C)C(NC(=O)OC(C)(C)c1ccc(-c2ccccc2)cc1)C(=O)Oc1c(F)c(F)c(F)c(F)c1F. The first-order chi connectivity index (χ1) is 18.4. The molecule has 0 fully saturated rings. The van der Waals surface area contributed by atoms with E-state index in [1.54, 1.807) is 39.8 Å². The number of amides is 1. The minimum absolute atomic E-state index is 0.363. The number of hydrogen-bond acceptors (Lipinski definition) is 4. The molecular weight excluding hydrogens is 521 g/mol. The molecule has 39 heavy (non-hydrogen) atoms. The molecule has 3 rings (SSSR count). The molecule has 0 radical (unpaired) electrons. The maximum absolute atomic E-state index is 14.1. The molecule has 1 amide bonds. The summed E-state index contributed by atoms with van der Waals surface area (Å²) in [6, 6.07) is 15.4. The van der Waals surface area contributed by atoms with Crippen LogP contribution in [0.25, 0.3) is 11.1 Å². The Hall–Kier alpha value is -3.95. The highest BCUT2D eigenvalue weighted by Gasteiger charge is 2.35. The van der Waals surface area contributed by atoms with E-state index in [9.17, 15) is 31.5 Å². The van der Waals surface area contributed by atoms with Gasteiger partial charge in [-0.1, -0.05) is 74.9 Å². The molecule has 5 nitrogen and oxygen atoms in total. The van der Waals surface area contributed by atoms with E-state index in [1.807, 2.05) is 42.5 Å². The second-order valence-electron chi connectivity index (χ2n) is 9.55. The van der Waals surface area contributed by atoms with Gasteiger partial charge in [0.25, 0.3) is 0 Å². The summed E-state index contributed by atoms with van der Waals surface area (Å²) in [5.74, 6) is -15.3. The average molecular weight is 550 g/mol. The Balaban J connectivity index is 1.78. The van der Waals surface area contributed by atoms with Crippen LogP contribution in [0, 0.1) is 35.0 Å². The third kappa shape index (κ3) is 6.74. The molecule has 0 heterocycles. The predicted octanol–water partition coefficient (Wildman–Crippen LogP) is 7.42. The van der Waals surface area contributed by atoms with Crippen LogP contribution in [0.2, 0.25) is 0 Å². The number of carbonyl (C=O) groups is 2. The summed E-state index contributed by atoms with van der Waals surface area (Å²) >= 11 is 0. The van der Waals surface area contributed by atoms with Gasteiger partial charge in [0, 0.05) is 0 Å². The van der Waals surface area contributed by atoms with Crippen molar-refractivity contribution in [3.05, 3.63) is 89.2 Å². The molecule has 208 valence electrons. The molecule has 2 atom stereocenters. The molecule has 0 aromatic heterocycles. The molecule has 0 bridgehead atoms. The summed E-state index contributed by atoms with van der Waals surface area (Å²) in [5.41, 5.74) is 1.42. The van der Waals surface area contributed by atoms with Crippen LogP contribution in [-0.2, 0) is 15.1 Å². The highest BCUT2D eigenvalue weighted by Crippen LogP contribution is 2.31. The molecule has 3 aromatic carbocycles. The topological polar surface area (TPSA) is 64.6 Å². The molecule has 10 heteroatoms. The molecule has 3 aromatic rings. The zero-order valence-electron chi connectivity index (χ0n) is 21.8. The van der Waals surface area contributed by atoms with E-state index < -0.39 is 64.5 Å². The van der Waals surface area contributed by atoms with E-state index >= 15 is 0 Å². The number of nitrogens with one attached hydrogen (secondary N) is 1. The zero-order chi connectivity index (χ0) is 28.9. The van der Waals surface area contributed by atoms with Crippen molar-refractivity contribution in [3.8, 4) is 16.9 Å². The van der Waals surface area contributed by atoms with Crippen LogP contribution < -0.4 is 10.1 Å². The molecular formula is C29H28F5NO4. The van der Waals surface area contributed by atoms with Crippen LogP contribution in [0.4, 0.5) is 26.7 Å². The van der Waals surface area contributed by atoms with E-state index in [2.05, 4.69) is 10.1 Å². The fourth-order valence-electron chi connectivity index (χ4n) is 4.04. The first-order valence-corrected chi connectivity index (χ1v) is 12.3. The Morgan fingerprint density at radius 2 is 1.33 bits per heavy atom. The predicted molar refractivity (Wildman–Crippen MR) is 134 cm³/mol. The van der Waals surface area contributed by atoms with Crippen molar-refractivity contribution in [2.24, 2.45) is 5.92 Å². The number of halogens is 5. The maximum Gasteiger partial charge on any atom is 0.408 e. The lowest BCUT2D eigenvalue weighted by molar-refractivity contribution is -0.138. The number of ether oxygens (including phenoxy) is 2. The van der Waals surface area contributed by atoms with E-state index in [0.717, 1.165) is 11.1 Å². The summed E-state index contributed by atoms with van der Waals surface area (Å²) in [4.78, 5) is 25.6. The van der Waals surface area contributed by atoms with E-state index in [0.29, 0.717) is 18.4 Å². The van der Waals surface area contributed by atoms with Gasteiger partial charge in [-0.25, -0.2) is 22.8 Å². The molecule has 0 aliphatic rings. The van der Waals surface area contributed by atoms with Gasteiger partial charge in [-0.3, -0.25) is 0 Å². The summed E-state index contributed by atoms with van der Waals surface area (Å²) in [6.07, 6.45) is -0.125. The van der Waals surface area contributed by atoms with Crippen molar-refractivity contribution in [1.29, 1.82) is 0 Å². The Bertz CT molecular complexity index is 1300. The van der Waals surface area contributed by atoms with Gasteiger partial charge in [0.15, 0.2) is 0 Å². The fraction of sp³-hybridized carbons (Fsp3) is 0.310. The van der Waals surface area contributed by atoms with Crippen LogP contribution >= 0.6 is 0 Å². The van der Waals surface area contributed by atoms with Gasteiger partial charge < -0.3 is 14.8 Å². The average Bonchev–Trinajstić information content (AvgIpc) is 2.92. The van der Waals surface area contributed by atoms with Gasteiger partial charge in [-0.2, -0.15) is 8.78 Å².